The van der Waals surface area contributed by atoms with E-state index in [2.05, 4.69) is 20.7 Å². The van der Waals surface area contributed by atoms with Crippen molar-refractivity contribution in [2.75, 3.05) is 11.9 Å². The van der Waals surface area contributed by atoms with Gasteiger partial charge in [-0.1, -0.05) is 17.7 Å². The first-order valence-electron chi connectivity index (χ1n) is 6.36. The second-order valence-corrected chi connectivity index (χ2v) is 5.08. The van der Waals surface area contributed by atoms with E-state index in [-0.39, 0.29) is 24.2 Å². The number of hydrogen-bond acceptors (Lipinski definition) is 4. The summed E-state index contributed by atoms with van der Waals surface area (Å²) in [5, 5.41) is 9.91. The molecule has 0 bridgehead atoms. The molecule has 1 aromatic carbocycles. The Bertz CT molecular complexity index is 686. The number of nitrogens with zero attached hydrogens (tertiary/aromatic N) is 3. The predicted molar refractivity (Wildman–Crippen MR) is 76.1 cm³/mol. The van der Waals surface area contributed by atoms with E-state index in [4.69, 9.17) is 11.6 Å². The van der Waals surface area contributed by atoms with Gasteiger partial charge < -0.3 is 10.6 Å². The number of nitrogens with one attached hydrogen (secondary N) is 2. The van der Waals surface area contributed by atoms with Crippen molar-refractivity contribution in [3.05, 3.63) is 35.9 Å². The summed E-state index contributed by atoms with van der Waals surface area (Å²) in [6.45, 7) is 0.351. The van der Waals surface area contributed by atoms with E-state index in [0.717, 1.165) is 0 Å². The van der Waals surface area contributed by atoms with E-state index in [1.165, 1.54) is 17.3 Å². The minimum atomic E-state index is -0.375. The quantitative estimate of drug-likeness (QED) is 0.885. The Labute approximate surface area is 125 Å². The average molecular weight is 306 g/mol. The van der Waals surface area contributed by atoms with E-state index in [1.54, 1.807) is 18.2 Å². The Morgan fingerprint density at radius 1 is 1.48 bits per heavy atom. The summed E-state index contributed by atoms with van der Waals surface area (Å²) >= 11 is 6.18. The fourth-order valence-electron chi connectivity index (χ4n) is 2.20. The molecule has 0 saturated carbocycles. The van der Waals surface area contributed by atoms with E-state index in [1.807, 2.05) is 0 Å². The molecule has 2 N–H and O–H groups in total. The van der Waals surface area contributed by atoms with E-state index >= 15 is 0 Å². The van der Waals surface area contributed by atoms with Crippen LogP contribution < -0.4 is 10.6 Å². The van der Waals surface area contributed by atoms with Gasteiger partial charge >= 0.3 is 0 Å². The van der Waals surface area contributed by atoms with Crippen LogP contribution in [0, 0.1) is 5.92 Å². The van der Waals surface area contributed by atoms with Gasteiger partial charge in [0.25, 0.3) is 0 Å². The summed E-state index contributed by atoms with van der Waals surface area (Å²) in [5.41, 5.74) is 1.07. The molecule has 1 unspecified atom stereocenters. The number of rotatable bonds is 3. The maximum absolute atomic E-state index is 12.2. The molecular formula is C13H12ClN5O2. The maximum atomic E-state index is 12.2. The Hall–Kier alpha value is -2.41. The summed E-state index contributed by atoms with van der Waals surface area (Å²) in [6, 6.07) is 5.16. The van der Waals surface area contributed by atoms with E-state index in [0.29, 0.717) is 22.9 Å². The first-order chi connectivity index (χ1) is 10.1. The van der Waals surface area contributed by atoms with Crippen LogP contribution in [0.15, 0.2) is 30.9 Å². The van der Waals surface area contributed by atoms with Crippen LogP contribution in [0.5, 0.6) is 0 Å². The maximum Gasteiger partial charge on any atom is 0.229 e. The van der Waals surface area contributed by atoms with Gasteiger partial charge in [0.2, 0.25) is 11.8 Å². The highest BCUT2D eigenvalue weighted by atomic mass is 35.5. The summed E-state index contributed by atoms with van der Waals surface area (Å²) in [7, 11) is 0. The molecule has 2 amide bonds. The van der Waals surface area contributed by atoms with Gasteiger partial charge in [-0.2, -0.15) is 5.10 Å². The molecule has 108 valence electrons. The van der Waals surface area contributed by atoms with Crippen molar-refractivity contribution in [3.63, 3.8) is 0 Å². The zero-order valence-electron chi connectivity index (χ0n) is 10.9. The fraction of sp³-hybridized carbons (Fsp3) is 0.231. The van der Waals surface area contributed by atoms with Crippen molar-refractivity contribution in [3.8, 4) is 5.69 Å². The molecule has 0 spiro atoms. The van der Waals surface area contributed by atoms with Crippen LogP contribution in [0.3, 0.4) is 0 Å². The molecule has 1 aliphatic rings. The molecule has 7 nitrogen and oxygen atoms in total. The number of anilines is 1. The van der Waals surface area contributed by atoms with Crippen LogP contribution in [0.25, 0.3) is 5.69 Å². The molecule has 8 heteroatoms. The monoisotopic (exact) mass is 305 g/mol. The van der Waals surface area contributed by atoms with Crippen LogP contribution in [0.4, 0.5) is 5.69 Å². The third kappa shape index (κ3) is 2.73. The first kappa shape index (κ1) is 13.6. The van der Waals surface area contributed by atoms with Gasteiger partial charge in [-0.3, -0.25) is 9.59 Å². The van der Waals surface area contributed by atoms with Crippen molar-refractivity contribution >= 4 is 29.1 Å². The van der Waals surface area contributed by atoms with Gasteiger partial charge in [0, 0.05) is 13.0 Å². The molecule has 1 atom stereocenters. The summed E-state index contributed by atoms with van der Waals surface area (Å²) in [4.78, 5) is 27.3. The van der Waals surface area contributed by atoms with Gasteiger partial charge in [0.05, 0.1) is 16.6 Å². The SMILES string of the molecule is O=C1CC(C(=O)Nc2cccc(Cl)c2-n2cncn2)CN1. The van der Waals surface area contributed by atoms with Crippen LogP contribution >= 0.6 is 11.6 Å². The molecule has 2 heterocycles. The number of para-hydroxylation sites is 1. The third-order valence-electron chi connectivity index (χ3n) is 3.24. The van der Waals surface area contributed by atoms with Crippen molar-refractivity contribution in [2.45, 2.75) is 6.42 Å². The Balaban J connectivity index is 1.87. The molecule has 0 radical (unpaired) electrons. The zero-order chi connectivity index (χ0) is 14.8. The number of halogens is 1. The molecule has 3 rings (SSSR count). The number of carbonyl (C=O) groups is 2. The molecule has 1 saturated heterocycles. The lowest BCUT2D eigenvalue weighted by molar-refractivity contribution is -0.123. The van der Waals surface area contributed by atoms with E-state index < -0.39 is 0 Å². The van der Waals surface area contributed by atoms with Crippen LogP contribution in [-0.2, 0) is 9.59 Å². The number of benzene rings is 1. The van der Waals surface area contributed by atoms with Crippen molar-refractivity contribution in [1.82, 2.24) is 20.1 Å². The Morgan fingerprint density at radius 2 is 2.33 bits per heavy atom. The highest BCUT2D eigenvalue weighted by molar-refractivity contribution is 6.33. The number of amides is 2. The van der Waals surface area contributed by atoms with Gasteiger partial charge in [-0.05, 0) is 12.1 Å². The number of carbonyl (C=O) groups excluding carboxylic acids is 2. The van der Waals surface area contributed by atoms with Crippen molar-refractivity contribution < 1.29 is 9.59 Å². The van der Waals surface area contributed by atoms with Gasteiger partial charge in [-0.15, -0.1) is 0 Å². The Kier molecular flexibility index (Phi) is 3.57. The molecule has 1 aliphatic heterocycles. The highest BCUT2D eigenvalue weighted by Gasteiger charge is 2.28. The Morgan fingerprint density at radius 3 is 3.00 bits per heavy atom. The molecular weight excluding hydrogens is 294 g/mol. The van der Waals surface area contributed by atoms with Gasteiger partial charge in [-0.25, -0.2) is 9.67 Å². The average Bonchev–Trinajstić information content (AvgIpc) is 3.10. The highest BCUT2D eigenvalue weighted by Crippen LogP contribution is 2.28. The van der Waals surface area contributed by atoms with E-state index in [9.17, 15) is 9.59 Å². The largest absolute Gasteiger partial charge is 0.355 e. The molecule has 21 heavy (non-hydrogen) atoms. The smallest absolute Gasteiger partial charge is 0.229 e. The second kappa shape index (κ2) is 5.53. The molecule has 1 fully saturated rings. The van der Waals surface area contributed by atoms with Gasteiger partial charge in [0.15, 0.2) is 0 Å². The summed E-state index contributed by atoms with van der Waals surface area (Å²) in [5.74, 6) is -0.713. The molecule has 1 aromatic heterocycles. The molecule has 0 aliphatic carbocycles. The second-order valence-electron chi connectivity index (χ2n) is 4.67. The first-order valence-corrected chi connectivity index (χ1v) is 6.74. The summed E-state index contributed by atoms with van der Waals surface area (Å²) < 4.78 is 1.48. The van der Waals surface area contributed by atoms with Crippen molar-refractivity contribution in [2.24, 2.45) is 5.92 Å². The summed E-state index contributed by atoms with van der Waals surface area (Å²) in [6.07, 6.45) is 3.08. The number of hydrogen-bond donors (Lipinski definition) is 2. The lowest BCUT2D eigenvalue weighted by Gasteiger charge is -2.14. The van der Waals surface area contributed by atoms with Crippen molar-refractivity contribution in [1.29, 1.82) is 0 Å². The third-order valence-corrected chi connectivity index (χ3v) is 3.55. The number of aromatic nitrogens is 3. The normalized spacial score (nSPS) is 17.6. The van der Waals surface area contributed by atoms with Crippen LogP contribution in [0.1, 0.15) is 6.42 Å². The lowest BCUT2D eigenvalue weighted by atomic mass is 10.1. The minimum absolute atomic E-state index is 0.113. The topological polar surface area (TPSA) is 88.9 Å². The standard InChI is InChI=1S/C13H12ClN5O2/c14-9-2-1-3-10(12(9)19-7-15-6-17-19)18-13(21)8-4-11(20)16-5-8/h1-3,6-8H,4-5H2,(H,16,20)(H,18,21). The lowest BCUT2D eigenvalue weighted by Crippen LogP contribution is -2.25. The van der Waals surface area contributed by atoms with Crippen LogP contribution in [-0.4, -0.2) is 33.1 Å². The minimum Gasteiger partial charge on any atom is -0.355 e. The zero-order valence-corrected chi connectivity index (χ0v) is 11.7. The predicted octanol–water partition coefficient (Wildman–Crippen LogP) is 0.995. The molecule has 2 aromatic rings. The van der Waals surface area contributed by atoms with Gasteiger partial charge in [0.1, 0.15) is 18.3 Å². The fourth-order valence-corrected chi connectivity index (χ4v) is 2.46. The van der Waals surface area contributed by atoms with Crippen LogP contribution in [0.2, 0.25) is 5.02 Å².